The number of carbonyl (C=O) groups excluding carboxylic acids is 1. The van der Waals surface area contributed by atoms with Crippen molar-refractivity contribution in [1.82, 2.24) is 9.29 Å². The molecule has 0 bridgehead atoms. The molecule has 0 radical (unpaired) electrons. The third kappa shape index (κ3) is 5.41. The number of rotatable bonds is 8. The van der Waals surface area contributed by atoms with Crippen LogP contribution in [0.25, 0.3) is 11.3 Å². The molecule has 1 aromatic heterocycles. The molecule has 0 aliphatic heterocycles. The Morgan fingerprint density at radius 1 is 1.13 bits per heavy atom. The molecule has 0 saturated carbocycles. The zero-order valence-electron chi connectivity index (χ0n) is 16.3. The first-order valence-electron chi connectivity index (χ1n) is 8.92. The van der Waals surface area contributed by atoms with E-state index in [2.05, 4.69) is 10.3 Å². The first-order chi connectivity index (χ1) is 14.3. The van der Waals surface area contributed by atoms with Gasteiger partial charge in [0.1, 0.15) is 11.6 Å². The minimum absolute atomic E-state index is 0.114. The van der Waals surface area contributed by atoms with Crippen LogP contribution in [0.5, 0.6) is 5.75 Å². The Bertz CT molecular complexity index is 1110. The van der Waals surface area contributed by atoms with E-state index in [4.69, 9.17) is 4.74 Å². The number of hydrogen-bond acceptors (Lipinski definition) is 6. The van der Waals surface area contributed by atoms with Crippen LogP contribution in [-0.4, -0.2) is 44.3 Å². The lowest BCUT2D eigenvalue weighted by Gasteiger charge is -2.11. The van der Waals surface area contributed by atoms with Crippen LogP contribution in [0.1, 0.15) is 6.42 Å². The molecule has 2 aromatic carbocycles. The van der Waals surface area contributed by atoms with Gasteiger partial charge in [-0.05, 0) is 36.4 Å². The van der Waals surface area contributed by atoms with Gasteiger partial charge in [-0.25, -0.2) is 22.1 Å². The van der Waals surface area contributed by atoms with E-state index in [9.17, 15) is 17.6 Å². The molecule has 1 amide bonds. The maximum atomic E-state index is 12.9. The molecular formula is C20H20FN3O4S2. The predicted molar refractivity (Wildman–Crippen MR) is 114 cm³/mol. The molecule has 0 atom stereocenters. The van der Waals surface area contributed by atoms with Crippen LogP contribution in [0, 0.1) is 5.82 Å². The normalized spacial score (nSPS) is 11.5. The summed E-state index contributed by atoms with van der Waals surface area (Å²) in [6, 6.07) is 12.0. The number of nitrogens with zero attached hydrogens (tertiary/aromatic N) is 2. The summed E-state index contributed by atoms with van der Waals surface area (Å²) >= 11 is 1.27. The second-order valence-corrected chi connectivity index (χ2v) is 9.46. The molecule has 0 fully saturated rings. The van der Waals surface area contributed by atoms with Gasteiger partial charge in [0, 0.05) is 25.0 Å². The number of amides is 1. The van der Waals surface area contributed by atoms with Gasteiger partial charge in [0.05, 0.1) is 23.6 Å². The quantitative estimate of drug-likeness (QED) is 0.568. The van der Waals surface area contributed by atoms with Crippen molar-refractivity contribution >= 4 is 32.4 Å². The minimum atomic E-state index is -3.49. The molecule has 0 aliphatic rings. The zero-order valence-corrected chi connectivity index (χ0v) is 18.0. The number of thiazole rings is 1. The summed E-state index contributed by atoms with van der Waals surface area (Å²) in [7, 11) is -0.539. The van der Waals surface area contributed by atoms with Gasteiger partial charge in [-0.1, -0.05) is 12.1 Å². The number of carbonyl (C=O) groups is 1. The molecule has 1 N–H and O–H groups in total. The second kappa shape index (κ2) is 9.33. The third-order valence-electron chi connectivity index (χ3n) is 4.09. The van der Waals surface area contributed by atoms with Crippen molar-refractivity contribution in [3.8, 4) is 17.0 Å². The fraction of sp³-hybridized carbons (Fsp3) is 0.200. The Labute approximate surface area is 178 Å². The van der Waals surface area contributed by atoms with Crippen LogP contribution in [0.15, 0.2) is 58.8 Å². The number of hydrogen-bond donors (Lipinski definition) is 1. The summed E-state index contributed by atoms with van der Waals surface area (Å²) in [6.45, 7) is 0.150. The van der Waals surface area contributed by atoms with Crippen molar-refractivity contribution in [3.63, 3.8) is 0 Å². The molecule has 10 heteroatoms. The second-order valence-electron chi connectivity index (χ2n) is 6.45. The standard InChI is InChI=1S/C20H20FN3O4S2/c1-24(2)30(26,27)17-9-3-14(4-10-17)18-13-29-20(22-18)23-19(25)11-12-28-16-7-5-15(21)6-8-16/h3-10,13H,11-12H2,1-2H3,(H,22,23,25). The monoisotopic (exact) mass is 449 g/mol. The van der Waals surface area contributed by atoms with Gasteiger partial charge in [-0.3, -0.25) is 4.79 Å². The average Bonchev–Trinajstić information content (AvgIpc) is 3.18. The number of anilines is 1. The highest BCUT2D eigenvalue weighted by atomic mass is 32.2. The fourth-order valence-corrected chi connectivity index (χ4v) is 4.08. The zero-order chi connectivity index (χ0) is 21.7. The van der Waals surface area contributed by atoms with Crippen LogP contribution >= 0.6 is 11.3 Å². The van der Waals surface area contributed by atoms with E-state index in [-0.39, 0.29) is 29.6 Å². The van der Waals surface area contributed by atoms with Crippen LogP contribution < -0.4 is 10.1 Å². The lowest BCUT2D eigenvalue weighted by molar-refractivity contribution is -0.116. The van der Waals surface area contributed by atoms with E-state index in [0.29, 0.717) is 16.6 Å². The number of benzene rings is 2. The molecular weight excluding hydrogens is 429 g/mol. The molecule has 0 spiro atoms. The van der Waals surface area contributed by atoms with E-state index < -0.39 is 10.0 Å². The molecule has 158 valence electrons. The maximum Gasteiger partial charge on any atom is 0.242 e. The Morgan fingerprint density at radius 2 is 1.80 bits per heavy atom. The van der Waals surface area contributed by atoms with E-state index in [1.54, 1.807) is 17.5 Å². The van der Waals surface area contributed by atoms with Crippen molar-refractivity contribution in [2.45, 2.75) is 11.3 Å². The average molecular weight is 450 g/mol. The topological polar surface area (TPSA) is 88.6 Å². The summed E-state index contributed by atoms with van der Waals surface area (Å²) in [5, 5.41) is 4.91. The first-order valence-corrected chi connectivity index (χ1v) is 11.2. The minimum Gasteiger partial charge on any atom is -0.493 e. The Kier molecular flexibility index (Phi) is 6.80. The fourth-order valence-electron chi connectivity index (χ4n) is 2.45. The molecule has 0 saturated heterocycles. The number of nitrogens with one attached hydrogen (secondary N) is 1. The highest BCUT2D eigenvalue weighted by Gasteiger charge is 2.17. The van der Waals surface area contributed by atoms with Gasteiger partial charge in [0.25, 0.3) is 0 Å². The molecule has 7 nitrogen and oxygen atoms in total. The Hall–Kier alpha value is -2.82. The summed E-state index contributed by atoms with van der Waals surface area (Å²) in [4.78, 5) is 16.6. The van der Waals surface area contributed by atoms with E-state index in [1.165, 1.54) is 61.8 Å². The highest BCUT2D eigenvalue weighted by Crippen LogP contribution is 2.26. The van der Waals surface area contributed by atoms with Gasteiger partial charge in [-0.2, -0.15) is 0 Å². The Balaban J connectivity index is 1.55. The molecule has 1 heterocycles. The van der Waals surface area contributed by atoms with Gasteiger partial charge >= 0.3 is 0 Å². The van der Waals surface area contributed by atoms with Crippen LogP contribution in [0.3, 0.4) is 0 Å². The molecule has 3 rings (SSSR count). The number of sulfonamides is 1. The van der Waals surface area contributed by atoms with E-state index >= 15 is 0 Å². The van der Waals surface area contributed by atoms with Gasteiger partial charge in [0.2, 0.25) is 15.9 Å². The van der Waals surface area contributed by atoms with Gasteiger partial charge in [0.15, 0.2) is 5.13 Å². The molecule has 30 heavy (non-hydrogen) atoms. The van der Waals surface area contributed by atoms with Crippen molar-refractivity contribution < 1.29 is 22.3 Å². The number of aromatic nitrogens is 1. The largest absolute Gasteiger partial charge is 0.493 e. The van der Waals surface area contributed by atoms with Crippen LogP contribution in [0.2, 0.25) is 0 Å². The van der Waals surface area contributed by atoms with Crippen molar-refractivity contribution in [3.05, 3.63) is 59.7 Å². The summed E-state index contributed by atoms with van der Waals surface area (Å²) in [5.41, 5.74) is 1.37. The van der Waals surface area contributed by atoms with E-state index in [0.717, 1.165) is 9.87 Å². The number of halogens is 1. The molecule has 3 aromatic rings. The summed E-state index contributed by atoms with van der Waals surface area (Å²) in [5.74, 6) is -0.125. The highest BCUT2D eigenvalue weighted by molar-refractivity contribution is 7.89. The lowest BCUT2D eigenvalue weighted by Crippen LogP contribution is -2.22. The predicted octanol–water partition coefficient (Wildman–Crippen LogP) is 3.61. The van der Waals surface area contributed by atoms with Crippen LogP contribution in [0.4, 0.5) is 9.52 Å². The van der Waals surface area contributed by atoms with Crippen molar-refractivity contribution in [1.29, 1.82) is 0 Å². The van der Waals surface area contributed by atoms with E-state index in [1.807, 2.05) is 0 Å². The smallest absolute Gasteiger partial charge is 0.242 e. The maximum absolute atomic E-state index is 12.9. The summed E-state index contributed by atoms with van der Waals surface area (Å²) in [6.07, 6.45) is 0.114. The SMILES string of the molecule is CN(C)S(=O)(=O)c1ccc(-c2csc(NC(=O)CCOc3ccc(F)cc3)n2)cc1. The molecule has 0 aliphatic carbocycles. The lowest BCUT2D eigenvalue weighted by atomic mass is 10.2. The van der Waals surface area contributed by atoms with Crippen LogP contribution in [-0.2, 0) is 14.8 Å². The third-order valence-corrected chi connectivity index (χ3v) is 6.68. The van der Waals surface area contributed by atoms with Gasteiger partial charge < -0.3 is 10.1 Å². The summed E-state index contributed by atoms with van der Waals surface area (Å²) < 4.78 is 43.7. The van der Waals surface area contributed by atoms with Crippen molar-refractivity contribution in [2.24, 2.45) is 0 Å². The number of ether oxygens (including phenoxy) is 1. The first kappa shape index (κ1) is 21.9. The van der Waals surface area contributed by atoms with Gasteiger partial charge in [-0.15, -0.1) is 11.3 Å². The Morgan fingerprint density at radius 3 is 2.43 bits per heavy atom. The molecule has 0 unspecified atom stereocenters. The van der Waals surface area contributed by atoms with Crippen molar-refractivity contribution in [2.75, 3.05) is 26.0 Å².